The second-order valence-corrected chi connectivity index (χ2v) is 9.43. The number of likely N-dealkylation sites (N-methyl/N-ethyl adjacent to an activating group) is 1. The van der Waals surface area contributed by atoms with Crippen LogP contribution in [0.15, 0.2) is 24.3 Å². The van der Waals surface area contributed by atoms with Gasteiger partial charge in [-0.1, -0.05) is 12.1 Å². The summed E-state index contributed by atoms with van der Waals surface area (Å²) < 4.78 is 20.0. The van der Waals surface area contributed by atoms with Crippen LogP contribution in [-0.4, -0.2) is 91.9 Å². The van der Waals surface area contributed by atoms with Crippen molar-refractivity contribution in [1.29, 1.82) is 0 Å². The first kappa shape index (κ1) is 27.7. The van der Waals surface area contributed by atoms with Gasteiger partial charge in [0.05, 0.1) is 18.8 Å². The number of hydrogen-bond acceptors (Lipinski definition) is 5. The molecule has 4 N–H and O–H groups in total. The predicted octanol–water partition coefficient (Wildman–Crippen LogP) is 2.17. The van der Waals surface area contributed by atoms with Gasteiger partial charge < -0.3 is 35.6 Å². The van der Waals surface area contributed by atoms with Crippen LogP contribution in [0.3, 0.4) is 0 Å². The highest BCUT2D eigenvalue weighted by Gasteiger charge is 2.32. The Labute approximate surface area is 211 Å². The molecule has 3 rings (SSSR count). The maximum Gasteiger partial charge on any atom is 0.404 e. The monoisotopic (exact) mass is 507 g/mol. The molecule has 10 nitrogen and oxygen atoms in total. The molecule has 11 heteroatoms. The van der Waals surface area contributed by atoms with Crippen LogP contribution in [0.4, 0.5) is 14.0 Å². The maximum absolute atomic E-state index is 14.0. The number of nitrogens with zero attached hydrogens (tertiary/aromatic N) is 2. The zero-order chi connectivity index (χ0) is 25.9. The molecule has 36 heavy (non-hydrogen) atoms. The minimum atomic E-state index is -1.14. The summed E-state index contributed by atoms with van der Waals surface area (Å²) in [6.45, 7) is 2.97. The summed E-state index contributed by atoms with van der Waals surface area (Å²) in [6.07, 6.45) is 2.38. The molecule has 0 spiro atoms. The largest absolute Gasteiger partial charge is 0.465 e. The second-order valence-electron chi connectivity index (χ2n) is 9.43. The molecule has 2 fully saturated rings. The van der Waals surface area contributed by atoms with Crippen molar-refractivity contribution in [2.24, 2.45) is 5.92 Å². The number of ether oxygens (including phenoxy) is 1. The molecule has 0 saturated carbocycles. The molecule has 0 aliphatic carbocycles. The molecule has 3 unspecified atom stereocenters. The molecular weight excluding hydrogens is 469 g/mol. The van der Waals surface area contributed by atoms with Gasteiger partial charge in [0.15, 0.2) is 0 Å². The van der Waals surface area contributed by atoms with Crippen LogP contribution >= 0.6 is 0 Å². The Balaban J connectivity index is 1.64. The average Bonchev–Trinajstić information content (AvgIpc) is 2.85. The van der Waals surface area contributed by atoms with Crippen molar-refractivity contribution in [2.45, 2.75) is 44.2 Å². The molecule has 4 amide bonds. The first-order valence-electron chi connectivity index (χ1n) is 12.7. The number of carbonyl (C=O) groups excluding carboxylic acids is 2. The maximum atomic E-state index is 14.0. The summed E-state index contributed by atoms with van der Waals surface area (Å²) >= 11 is 0. The Hall–Kier alpha value is -2.92. The third-order valence-corrected chi connectivity index (χ3v) is 6.67. The van der Waals surface area contributed by atoms with Crippen molar-refractivity contribution in [3.8, 4) is 0 Å². The highest BCUT2D eigenvalue weighted by molar-refractivity contribution is 5.77. The first-order chi connectivity index (χ1) is 17.4. The van der Waals surface area contributed by atoms with E-state index in [0.717, 1.165) is 25.7 Å². The Morgan fingerprint density at radius 3 is 2.81 bits per heavy atom. The number of benzene rings is 1. The highest BCUT2D eigenvalue weighted by atomic mass is 19.1. The van der Waals surface area contributed by atoms with Gasteiger partial charge in [-0.05, 0) is 50.4 Å². The van der Waals surface area contributed by atoms with Crippen molar-refractivity contribution in [3.63, 3.8) is 0 Å². The van der Waals surface area contributed by atoms with Crippen molar-refractivity contribution in [1.82, 2.24) is 25.8 Å². The van der Waals surface area contributed by atoms with Gasteiger partial charge in [-0.15, -0.1) is 0 Å². The number of piperidine rings is 2. The number of nitrogens with one attached hydrogen (secondary N) is 3. The average molecular weight is 508 g/mol. The van der Waals surface area contributed by atoms with Gasteiger partial charge >= 0.3 is 12.1 Å². The van der Waals surface area contributed by atoms with Crippen molar-refractivity contribution < 1.29 is 28.6 Å². The standard InChI is InChI=1S/C25H38FN5O5/c1-27-15-21(17-30-11-3-2-9-22(30)32)29-24(33)31-12-5-7-19(16-31)23(36-13-10-28-25(34)35)18-6-4-8-20(26)14-18/h4,6,8,14,19,21,23,27-28H,2-3,5,7,9-13,15-17H2,1H3,(H,29,33)(H,34,35). The molecule has 2 heterocycles. The Kier molecular flexibility index (Phi) is 10.7. The van der Waals surface area contributed by atoms with Crippen LogP contribution in [0.5, 0.6) is 0 Å². The van der Waals surface area contributed by atoms with Crippen molar-refractivity contribution >= 4 is 18.0 Å². The van der Waals surface area contributed by atoms with Gasteiger partial charge in [0.25, 0.3) is 0 Å². The van der Waals surface area contributed by atoms with Gasteiger partial charge in [-0.3, -0.25) is 4.79 Å². The molecule has 0 bridgehead atoms. The molecule has 0 radical (unpaired) electrons. The Morgan fingerprint density at radius 2 is 2.08 bits per heavy atom. The van der Waals surface area contributed by atoms with Gasteiger partial charge in [-0.2, -0.15) is 0 Å². The predicted molar refractivity (Wildman–Crippen MR) is 132 cm³/mol. The third kappa shape index (κ3) is 8.34. The minimum absolute atomic E-state index is 0.0810. The number of hydrogen-bond donors (Lipinski definition) is 4. The normalized spacial score (nSPS) is 20.1. The molecule has 2 aliphatic heterocycles. The number of amides is 4. The first-order valence-corrected chi connectivity index (χ1v) is 12.7. The van der Waals surface area contributed by atoms with Crippen LogP contribution in [0.25, 0.3) is 0 Å². The van der Waals surface area contributed by atoms with Crippen LogP contribution in [0, 0.1) is 11.7 Å². The van der Waals surface area contributed by atoms with Crippen LogP contribution in [0.2, 0.25) is 0 Å². The fourth-order valence-electron chi connectivity index (χ4n) is 4.97. The lowest BCUT2D eigenvalue weighted by molar-refractivity contribution is -0.133. The summed E-state index contributed by atoms with van der Waals surface area (Å²) in [5.41, 5.74) is 0.661. The fraction of sp³-hybridized carbons (Fsp3) is 0.640. The number of carboxylic acid groups (broad SMARTS) is 1. The van der Waals surface area contributed by atoms with Crippen molar-refractivity contribution in [2.75, 3.05) is 52.9 Å². The number of rotatable bonds is 11. The van der Waals surface area contributed by atoms with Gasteiger partial charge in [0, 0.05) is 51.6 Å². The lowest BCUT2D eigenvalue weighted by Gasteiger charge is -2.38. The second kappa shape index (κ2) is 14.0. The van der Waals surface area contributed by atoms with E-state index in [-0.39, 0.29) is 42.9 Å². The van der Waals surface area contributed by atoms with E-state index in [1.54, 1.807) is 17.0 Å². The quantitative estimate of drug-likeness (QED) is 0.341. The van der Waals surface area contributed by atoms with Crippen LogP contribution < -0.4 is 16.0 Å². The SMILES string of the molecule is CNCC(CN1CCCCC1=O)NC(=O)N1CCCC(C(OCCNC(=O)O)c2cccc(F)c2)C1. The lowest BCUT2D eigenvalue weighted by Crippen LogP contribution is -2.55. The topological polar surface area (TPSA) is 123 Å². The lowest BCUT2D eigenvalue weighted by atomic mass is 9.88. The number of carbonyl (C=O) groups is 3. The van der Waals surface area contributed by atoms with E-state index in [1.165, 1.54) is 12.1 Å². The molecule has 1 aromatic rings. The Bertz CT molecular complexity index is 888. The summed E-state index contributed by atoms with van der Waals surface area (Å²) in [6, 6.07) is 5.77. The molecule has 0 aromatic heterocycles. The van der Waals surface area contributed by atoms with E-state index in [1.807, 2.05) is 11.9 Å². The minimum Gasteiger partial charge on any atom is -0.465 e. The summed E-state index contributed by atoms with van der Waals surface area (Å²) in [5.74, 6) is -0.331. The van der Waals surface area contributed by atoms with E-state index < -0.39 is 12.2 Å². The third-order valence-electron chi connectivity index (χ3n) is 6.67. The van der Waals surface area contributed by atoms with Gasteiger partial charge in [0.1, 0.15) is 5.82 Å². The van der Waals surface area contributed by atoms with E-state index in [2.05, 4.69) is 16.0 Å². The van der Waals surface area contributed by atoms with E-state index >= 15 is 0 Å². The summed E-state index contributed by atoms with van der Waals surface area (Å²) in [4.78, 5) is 39.8. The number of halogens is 1. The molecule has 2 aliphatic rings. The number of likely N-dealkylation sites (tertiary alicyclic amines) is 2. The molecule has 2 saturated heterocycles. The summed E-state index contributed by atoms with van der Waals surface area (Å²) in [5, 5.41) is 17.3. The fourth-order valence-corrected chi connectivity index (χ4v) is 4.97. The van der Waals surface area contributed by atoms with Crippen LogP contribution in [-0.2, 0) is 9.53 Å². The summed E-state index contributed by atoms with van der Waals surface area (Å²) in [7, 11) is 1.81. The van der Waals surface area contributed by atoms with Crippen molar-refractivity contribution in [3.05, 3.63) is 35.6 Å². The highest BCUT2D eigenvalue weighted by Crippen LogP contribution is 2.33. The zero-order valence-corrected chi connectivity index (χ0v) is 20.9. The zero-order valence-electron chi connectivity index (χ0n) is 20.9. The smallest absolute Gasteiger partial charge is 0.404 e. The molecule has 1 aromatic carbocycles. The molecule has 200 valence electrons. The number of urea groups is 1. The van der Waals surface area contributed by atoms with E-state index in [9.17, 15) is 18.8 Å². The molecule has 3 atom stereocenters. The van der Waals surface area contributed by atoms with Crippen LogP contribution in [0.1, 0.15) is 43.8 Å². The molecular formula is C25H38FN5O5. The van der Waals surface area contributed by atoms with E-state index in [4.69, 9.17) is 9.84 Å². The Morgan fingerprint density at radius 1 is 1.25 bits per heavy atom. The van der Waals surface area contributed by atoms with Gasteiger partial charge in [0.2, 0.25) is 5.91 Å². The van der Waals surface area contributed by atoms with Gasteiger partial charge in [-0.25, -0.2) is 14.0 Å². The van der Waals surface area contributed by atoms with E-state index in [0.29, 0.717) is 44.7 Å².